The van der Waals surface area contributed by atoms with Crippen LogP contribution in [0.5, 0.6) is 0 Å². The van der Waals surface area contributed by atoms with Crippen LogP contribution >= 0.6 is 11.3 Å². The molecule has 0 bridgehead atoms. The Morgan fingerprint density at radius 3 is 3.04 bits per heavy atom. The van der Waals surface area contributed by atoms with Gasteiger partial charge in [-0.2, -0.15) is 0 Å². The summed E-state index contributed by atoms with van der Waals surface area (Å²) in [6.07, 6.45) is 6.02. The number of thiazole rings is 1. The molecule has 5 rings (SSSR count). The van der Waals surface area contributed by atoms with Crippen LogP contribution in [0.15, 0.2) is 21.4 Å². The van der Waals surface area contributed by atoms with Gasteiger partial charge >= 0.3 is 0 Å². The average Bonchev–Trinajstić information content (AvgIpc) is 3.25. The second kappa shape index (κ2) is 6.69. The molecule has 27 heavy (non-hydrogen) atoms. The molecule has 0 atom stereocenters. The lowest BCUT2D eigenvalue weighted by Gasteiger charge is -2.27. The molecule has 8 heteroatoms. The van der Waals surface area contributed by atoms with E-state index in [4.69, 9.17) is 4.98 Å². The summed E-state index contributed by atoms with van der Waals surface area (Å²) in [7, 11) is 0. The first-order valence-corrected chi connectivity index (χ1v) is 10.4. The molecular formula is C19H22N6OS. The molecule has 140 valence electrons. The minimum absolute atomic E-state index is 0.0151. The van der Waals surface area contributed by atoms with E-state index < -0.39 is 0 Å². The lowest BCUT2D eigenvalue weighted by atomic mass is 10.0. The van der Waals surface area contributed by atoms with E-state index >= 15 is 0 Å². The van der Waals surface area contributed by atoms with E-state index in [1.165, 1.54) is 5.69 Å². The highest BCUT2D eigenvalue weighted by molar-refractivity contribution is 7.15. The summed E-state index contributed by atoms with van der Waals surface area (Å²) in [6.45, 7) is 5.20. The minimum atomic E-state index is -0.0151. The molecule has 0 saturated heterocycles. The van der Waals surface area contributed by atoms with Crippen LogP contribution in [-0.4, -0.2) is 43.1 Å². The van der Waals surface area contributed by atoms with Gasteiger partial charge in [0.05, 0.1) is 28.4 Å². The highest BCUT2D eigenvalue weighted by atomic mass is 32.1. The number of H-pyrrole nitrogens is 1. The Morgan fingerprint density at radius 1 is 1.26 bits per heavy atom. The normalized spacial score (nSPS) is 17.9. The second-order valence-electron chi connectivity index (χ2n) is 7.29. The Kier molecular flexibility index (Phi) is 4.17. The number of nitrogens with one attached hydrogen (secondary N) is 1. The number of hydrogen-bond donors (Lipinski definition) is 1. The molecule has 2 aliphatic heterocycles. The third-order valence-corrected chi connectivity index (χ3v) is 6.24. The highest BCUT2D eigenvalue weighted by Crippen LogP contribution is 2.22. The van der Waals surface area contributed by atoms with Crippen molar-refractivity contribution in [2.24, 2.45) is 4.99 Å². The zero-order valence-corrected chi connectivity index (χ0v) is 16.2. The largest absolute Gasteiger partial charge is 0.305 e. The van der Waals surface area contributed by atoms with E-state index in [1.807, 2.05) is 0 Å². The molecule has 0 aliphatic carbocycles. The van der Waals surface area contributed by atoms with Crippen LogP contribution in [0.3, 0.4) is 0 Å². The molecule has 0 amide bonds. The number of imidazole rings is 1. The summed E-state index contributed by atoms with van der Waals surface area (Å²) >= 11 is 1.65. The first-order chi connectivity index (χ1) is 13.2. The van der Waals surface area contributed by atoms with Gasteiger partial charge in [0.25, 0.3) is 5.56 Å². The summed E-state index contributed by atoms with van der Waals surface area (Å²) in [5.74, 6) is 0.679. The number of aromatic amines is 1. The first-order valence-electron chi connectivity index (χ1n) is 9.48. The van der Waals surface area contributed by atoms with Crippen LogP contribution in [0.2, 0.25) is 0 Å². The van der Waals surface area contributed by atoms with Crippen LogP contribution < -0.4 is 5.56 Å². The fraction of sp³-hybridized carbons (Fsp3) is 0.474. The first kappa shape index (κ1) is 16.8. The number of nitrogens with zero attached hydrogens (tertiary/aromatic N) is 5. The van der Waals surface area contributed by atoms with Gasteiger partial charge in [-0.25, -0.2) is 9.97 Å². The van der Waals surface area contributed by atoms with Crippen molar-refractivity contribution in [2.75, 3.05) is 13.1 Å². The Labute approximate surface area is 160 Å². The third kappa shape index (κ3) is 3.02. The number of aromatic nitrogens is 4. The maximum atomic E-state index is 12.7. The predicted molar refractivity (Wildman–Crippen MR) is 106 cm³/mol. The van der Waals surface area contributed by atoms with Crippen molar-refractivity contribution in [3.05, 3.63) is 50.4 Å². The maximum Gasteiger partial charge on any atom is 0.255 e. The van der Waals surface area contributed by atoms with E-state index in [-0.39, 0.29) is 5.56 Å². The maximum absolute atomic E-state index is 12.7. The zero-order chi connectivity index (χ0) is 18.4. The zero-order valence-electron chi connectivity index (χ0n) is 15.4. The summed E-state index contributed by atoms with van der Waals surface area (Å²) in [5.41, 5.74) is 4.93. The predicted octanol–water partition coefficient (Wildman–Crippen LogP) is 2.32. The van der Waals surface area contributed by atoms with E-state index in [9.17, 15) is 4.79 Å². The van der Waals surface area contributed by atoms with Crippen LogP contribution in [-0.2, 0) is 19.5 Å². The summed E-state index contributed by atoms with van der Waals surface area (Å²) in [5, 5.41) is 2.06. The fourth-order valence-electron chi connectivity index (χ4n) is 3.99. The molecule has 1 N–H and O–H groups in total. The van der Waals surface area contributed by atoms with Gasteiger partial charge in [-0.3, -0.25) is 19.1 Å². The molecule has 0 radical (unpaired) electrons. The van der Waals surface area contributed by atoms with Crippen LogP contribution in [0.25, 0.3) is 4.96 Å². The smallest absolute Gasteiger partial charge is 0.255 e. The minimum Gasteiger partial charge on any atom is -0.305 e. The summed E-state index contributed by atoms with van der Waals surface area (Å²) in [4.78, 5) is 33.0. The molecule has 3 aromatic rings. The molecule has 3 aromatic heterocycles. The number of rotatable bonds is 3. The fourth-order valence-corrected chi connectivity index (χ4v) is 4.76. The SMILES string of the molecule is Cc1nc2sccn2c1CN1CCc2nc(C3=NCCCC3)[nH]c(=O)c2C1. The van der Waals surface area contributed by atoms with Gasteiger partial charge in [-0.1, -0.05) is 0 Å². The van der Waals surface area contributed by atoms with Crippen molar-refractivity contribution in [1.82, 2.24) is 24.3 Å². The Balaban J connectivity index is 1.41. The Hall–Kier alpha value is -2.32. The van der Waals surface area contributed by atoms with Gasteiger partial charge < -0.3 is 4.98 Å². The molecule has 5 heterocycles. The summed E-state index contributed by atoms with van der Waals surface area (Å²) in [6, 6.07) is 0. The number of aryl methyl sites for hydroxylation is 1. The number of fused-ring (bicyclic) bond motifs is 2. The lowest BCUT2D eigenvalue weighted by Crippen LogP contribution is -2.36. The van der Waals surface area contributed by atoms with Crippen LogP contribution in [0, 0.1) is 6.92 Å². The van der Waals surface area contributed by atoms with Crippen molar-refractivity contribution in [3.63, 3.8) is 0 Å². The summed E-state index contributed by atoms with van der Waals surface area (Å²) < 4.78 is 2.16. The molecule has 2 aliphatic rings. The van der Waals surface area contributed by atoms with E-state index in [1.54, 1.807) is 11.3 Å². The Morgan fingerprint density at radius 2 is 2.19 bits per heavy atom. The van der Waals surface area contributed by atoms with Gasteiger partial charge in [-0.05, 0) is 26.2 Å². The topological polar surface area (TPSA) is 78.7 Å². The van der Waals surface area contributed by atoms with Crippen LogP contribution in [0.1, 0.15) is 47.7 Å². The van der Waals surface area contributed by atoms with Crippen molar-refractivity contribution >= 4 is 22.0 Å². The van der Waals surface area contributed by atoms with Gasteiger partial charge in [-0.15, -0.1) is 11.3 Å². The molecular weight excluding hydrogens is 360 g/mol. The van der Waals surface area contributed by atoms with E-state index in [0.717, 1.165) is 72.9 Å². The molecule has 7 nitrogen and oxygen atoms in total. The van der Waals surface area contributed by atoms with Crippen LogP contribution in [0.4, 0.5) is 0 Å². The average molecular weight is 382 g/mol. The van der Waals surface area contributed by atoms with Crippen molar-refractivity contribution in [1.29, 1.82) is 0 Å². The van der Waals surface area contributed by atoms with Gasteiger partial charge in [0.1, 0.15) is 0 Å². The monoisotopic (exact) mass is 382 g/mol. The standard InChI is InChI=1S/C19H22N6OS/c1-12-16(25-8-9-27-19(25)21-12)11-24-7-5-14-13(10-24)18(26)23-17(22-14)15-4-2-3-6-20-15/h8-9H,2-7,10-11H2,1H3,(H,22,23,26). The molecule has 0 aromatic carbocycles. The Bertz CT molecular complexity index is 1090. The van der Waals surface area contributed by atoms with Gasteiger partial charge in [0.2, 0.25) is 0 Å². The van der Waals surface area contributed by atoms with Gasteiger partial charge in [0.15, 0.2) is 10.8 Å². The quantitative estimate of drug-likeness (QED) is 0.754. The highest BCUT2D eigenvalue weighted by Gasteiger charge is 2.24. The lowest BCUT2D eigenvalue weighted by molar-refractivity contribution is 0.238. The van der Waals surface area contributed by atoms with E-state index in [2.05, 4.69) is 42.8 Å². The molecule has 0 spiro atoms. The van der Waals surface area contributed by atoms with Crippen molar-refractivity contribution in [2.45, 2.75) is 45.7 Å². The number of hydrogen-bond acceptors (Lipinski definition) is 6. The van der Waals surface area contributed by atoms with Crippen molar-refractivity contribution in [3.8, 4) is 0 Å². The van der Waals surface area contributed by atoms with Crippen molar-refractivity contribution < 1.29 is 0 Å². The van der Waals surface area contributed by atoms with Gasteiger partial charge in [0, 0.05) is 44.2 Å². The molecule has 0 unspecified atom stereocenters. The van der Waals surface area contributed by atoms with E-state index in [0.29, 0.717) is 12.4 Å². The molecule has 0 saturated carbocycles. The third-order valence-electron chi connectivity index (χ3n) is 5.48. The second-order valence-corrected chi connectivity index (χ2v) is 8.16. The molecule has 0 fully saturated rings. The number of aliphatic imine (C=N–C) groups is 1.